The monoisotopic (exact) mass is 319 g/mol. The van der Waals surface area contributed by atoms with Gasteiger partial charge < -0.3 is 10.1 Å². The van der Waals surface area contributed by atoms with E-state index in [-0.39, 0.29) is 16.0 Å². The van der Waals surface area contributed by atoms with E-state index in [1.165, 1.54) is 12.0 Å². The maximum Gasteiger partial charge on any atom is 0.285 e. The summed E-state index contributed by atoms with van der Waals surface area (Å²) in [4.78, 5) is 11.5. The molecule has 0 radical (unpaired) electrons. The van der Waals surface area contributed by atoms with Crippen LogP contribution in [-0.4, -0.2) is 23.9 Å². The Bertz CT molecular complexity index is 725. The van der Waals surface area contributed by atoms with Crippen LogP contribution in [0.4, 0.5) is 5.69 Å². The van der Waals surface area contributed by atoms with Gasteiger partial charge in [-0.3, -0.25) is 4.79 Å². The third kappa shape index (κ3) is 2.57. The van der Waals surface area contributed by atoms with Gasteiger partial charge in [-0.05, 0) is 18.9 Å². The number of hydrogen-bond acceptors (Lipinski definition) is 4. The fourth-order valence-corrected chi connectivity index (χ4v) is 3.16. The summed E-state index contributed by atoms with van der Waals surface area (Å²) in [5.41, 5.74) is 1.39. The first-order valence-electron chi connectivity index (χ1n) is 7.27. The van der Waals surface area contributed by atoms with Gasteiger partial charge in [-0.1, -0.05) is 36.2 Å². The van der Waals surface area contributed by atoms with Crippen molar-refractivity contribution in [3.05, 3.63) is 51.4 Å². The Hall–Kier alpha value is -2.01. The van der Waals surface area contributed by atoms with Gasteiger partial charge >= 0.3 is 0 Å². The molecule has 1 aliphatic carbocycles. The summed E-state index contributed by atoms with van der Waals surface area (Å²) in [5, 5.41) is 9.52. The van der Waals surface area contributed by atoms with Crippen LogP contribution in [0.2, 0.25) is 5.02 Å². The van der Waals surface area contributed by atoms with Crippen LogP contribution in [0.3, 0.4) is 0 Å². The molecule has 6 heteroatoms. The number of ether oxygens (including phenoxy) is 1. The largest absolute Gasteiger partial charge is 0.496 e. The number of para-hydroxylation sites is 1. The summed E-state index contributed by atoms with van der Waals surface area (Å²) in [6.45, 7) is 0.693. The lowest BCUT2D eigenvalue weighted by Crippen LogP contribution is -2.41. The molecule has 1 aromatic carbocycles. The van der Waals surface area contributed by atoms with Crippen LogP contribution in [-0.2, 0) is 5.41 Å². The number of benzene rings is 1. The number of nitrogens with zero attached hydrogens (tertiary/aromatic N) is 1. The lowest BCUT2D eigenvalue weighted by Gasteiger charge is -2.43. The van der Waals surface area contributed by atoms with Gasteiger partial charge in [0.2, 0.25) is 0 Å². The van der Waals surface area contributed by atoms with E-state index in [1.54, 1.807) is 13.3 Å². The van der Waals surface area contributed by atoms with Crippen molar-refractivity contribution in [1.29, 1.82) is 0 Å². The van der Waals surface area contributed by atoms with E-state index in [4.69, 9.17) is 16.3 Å². The summed E-state index contributed by atoms with van der Waals surface area (Å²) < 4.78 is 5.50. The summed E-state index contributed by atoms with van der Waals surface area (Å²) in [6, 6.07) is 8.09. The first-order valence-corrected chi connectivity index (χ1v) is 7.65. The molecule has 1 fully saturated rings. The van der Waals surface area contributed by atoms with Crippen molar-refractivity contribution in [3.8, 4) is 5.75 Å². The topological polar surface area (TPSA) is 67.0 Å². The number of methoxy groups -OCH3 is 1. The van der Waals surface area contributed by atoms with E-state index in [2.05, 4.69) is 21.6 Å². The highest BCUT2D eigenvalue weighted by Gasteiger charge is 2.40. The smallest absolute Gasteiger partial charge is 0.285 e. The highest BCUT2D eigenvalue weighted by molar-refractivity contribution is 6.32. The van der Waals surface area contributed by atoms with Gasteiger partial charge in [0.15, 0.2) is 0 Å². The van der Waals surface area contributed by atoms with Crippen molar-refractivity contribution in [2.45, 2.75) is 24.7 Å². The molecule has 1 aromatic heterocycles. The highest BCUT2D eigenvalue weighted by atomic mass is 35.5. The van der Waals surface area contributed by atoms with E-state index in [1.807, 2.05) is 18.2 Å². The molecule has 0 spiro atoms. The number of rotatable bonds is 5. The number of halogens is 1. The molecule has 116 valence electrons. The first kappa shape index (κ1) is 14.9. The van der Waals surface area contributed by atoms with Gasteiger partial charge in [0.05, 0.1) is 19.0 Å². The Morgan fingerprint density at radius 3 is 2.86 bits per heavy atom. The zero-order valence-electron chi connectivity index (χ0n) is 12.4. The average molecular weight is 320 g/mol. The Kier molecular flexibility index (Phi) is 4.07. The van der Waals surface area contributed by atoms with Crippen molar-refractivity contribution >= 4 is 17.3 Å². The van der Waals surface area contributed by atoms with E-state index >= 15 is 0 Å². The molecule has 0 bridgehead atoms. The van der Waals surface area contributed by atoms with Gasteiger partial charge in [0, 0.05) is 17.5 Å². The lowest BCUT2D eigenvalue weighted by atomic mass is 9.64. The summed E-state index contributed by atoms with van der Waals surface area (Å²) in [5.74, 6) is 0.902. The van der Waals surface area contributed by atoms with Crippen LogP contribution in [0.5, 0.6) is 5.75 Å². The number of nitrogens with one attached hydrogen (secondary N) is 2. The van der Waals surface area contributed by atoms with Crippen LogP contribution in [0.15, 0.2) is 35.3 Å². The molecule has 0 atom stereocenters. The van der Waals surface area contributed by atoms with E-state index < -0.39 is 0 Å². The highest BCUT2D eigenvalue weighted by Crippen LogP contribution is 2.47. The minimum absolute atomic E-state index is 0.0124. The van der Waals surface area contributed by atoms with Crippen molar-refractivity contribution in [3.63, 3.8) is 0 Å². The molecular weight excluding hydrogens is 302 g/mol. The molecular formula is C16H18ClN3O2. The van der Waals surface area contributed by atoms with Crippen molar-refractivity contribution in [2.24, 2.45) is 0 Å². The van der Waals surface area contributed by atoms with Crippen molar-refractivity contribution < 1.29 is 4.74 Å². The maximum absolute atomic E-state index is 11.5. The van der Waals surface area contributed by atoms with Crippen LogP contribution in [0.25, 0.3) is 0 Å². The van der Waals surface area contributed by atoms with Gasteiger partial charge in [-0.25, -0.2) is 5.10 Å². The van der Waals surface area contributed by atoms with E-state index in [0.29, 0.717) is 12.2 Å². The Morgan fingerprint density at radius 2 is 2.18 bits per heavy atom. The van der Waals surface area contributed by atoms with E-state index in [0.717, 1.165) is 18.6 Å². The lowest BCUT2D eigenvalue weighted by molar-refractivity contribution is 0.250. The number of aromatic amines is 1. The Balaban J connectivity index is 1.85. The van der Waals surface area contributed by atoms with Gasteiger partial charge in [0.1, 0.15) is 10.8 Å². The summed E-state index contributed by atoms with van der Waals surface area (Å²) in [6.07, 6.45) is 4.88. The third-order valence-corrected chi connectivity index (χ3v) is 4.78. The standard InChI is InChI=1S/C16H18ClN3O2/c1-22-13-6-3-2-5-11(13)16(7-4-8-16)10-18-12-9-19-20-15(21)14(12)17/h2-3,5-6,9H,4,7-8,10H2,1H3,(H2,18,20,21). The van der Waals surface area contributed by atoms with Crippen molar-refractivity contribution in [2.75, 3.05) is 19.0 Å². The zero-order chi connectivity index (χ0) is 15.6. The molecule has 1 saturated carbocycles. The van der Waals surface area contributed by atoms with Gasteiger partial charge in [-0.15, -0.1) is 0 Å². The molecule has 2 aromatic rings. The zero-order valence-corrected chi connectivity index (χ0v) is 13.1. The molecule has 0 unspecified atom stereocenters. The average Bonchev–Trinajstić information content (AvgIpc) is 2.50. The SMILES string of the molecule is COc1ccccc1C1(CNc2cn[nH]c(=O)c2Cl)CCC1. The molecule has 0 aliphatic heterocycles. The van der Waals surface area contributed by atoms with Crippen molar-refractivity contribution in [1.82, 2.24) is 10.2 Å². The predicted octanol–water partition coefficient (Wildman–Crippen LogP) is 2.97. The van der Waals surface area contributed by atoms with Crippen LogP contribution in [0.1, 0.15) is 24.8 Å². The minimum atomic E-state index is -0.383. The maximum atomic E-state index is 11.5. The van der Waals surface area contributed by atoms with Crippen LogP contribution >= 0.6 is 11.6 Å². The number of anilines is 1. The van der Waals surface area contributed by atoms with Crippen LogP contribution in [0, 0.1) is 0 Å². The molecule has 3 rings (SSSR count). The summed E-state index contributed by atoms with van der Waals surface area (Å²) >= 11 is 6.02. The molecule has 1 aliphatic rings. The first-order chi connectivity index (χ1) is 10.7. The number of H-pyrrole nitrogens is 1. The van der Waals surface area contributed by atoms with Gasteiger partial charge in [-0.2, -0.15) is 5.10 Å². The molecule has 2 N–H and O–H groups in total. The molecule has 22 heavy (non-hydrogen) atoms. The third-order valence-electron chi connectivity index (χ3n) is 4.40. The molecule has 0 amide bonds. The summed E-state index contributed by atoms with van der Waals surface area (Å²) in [7, 11) is 1.69. The van der Waals surface area contributed by atoms with E-state index in [9.17, 15) is 4.79 Å². The predicted molar refractivity (Wildman–Crippen MR) is 86.9 cm³/mol. The normalized spacial score (nSPS) is 15.9. The molecule has 0 saturated heterocycles. The van der Waals surface area contributed by atoms with Crippen LogP contribution < -0.4 is 15.6 Å². The van der Waals surface area contributed by atoms with Gasteiger partial charge in [0.25, 0.3) is 5.56 Å². The Morgan fingerprint density at radius 1 is 1.41 bits per heavy atom. The second-order valence-electron chi connectivity index (χ2n) is 5.61. The minimum Gasteiger partial charge on any atom is -0.496 e. The number of aromatic nitrogens is 2. The quantitative estimate of drug-likeness (QED) is 0.889. The second-order valence-corrected chi connectivity index (χ2v) is 5.99. The Labute approximate surface area is 133 Å². The fourth-order valence-electron chi connectivity index (χ4n) is 3.00. The molecule has 5 nitrogen and oxygen atoms in total. The second kappa shape index (κ2) is 6.01. The molecule has 1 heterocycles. The fraction of sp³-hybridized carbons (Fsp3) is 0.375. The number of hydrogen-bond donors (Lipinski definition) is 2.